The summed E-state index contributed by atoms with van der Waals surface area (Å²) in [6.45, 7) is 9.23. The van der Waals surface area contributed by atoms with Crippen LogP contribution in [0.5, 0.6) is 0 Å². The quantitative estimate of drug-likeness (QED) is 0.753. The maximum Gasteiger partial charge on any atom is 0.337 e. The zero-order chi connectivity index (χ0) is 14.4. The molecule has 1 aromatic carbocycles. The maximum absolute atomic E-state index is 11.4. The molecule has 0 saturated carbocycles. The average molecular weight is 263 g/mol. The van der Waals surface area contributed by atoms with Crippen LogP contribution in [0, 0.1) is 6.92 Å². The largest absolute Gasteiger partial charge is 0.478 e. The Labute approximate surface area is 116 Å². The molecule has 106 valence electrons. The lowest BCUT2D eigenvalue weighted by molar-refractivity contribution is 0.0697. The average Bonchev–Trinajstić information content (AvgIpc) is 2.35. The van der Waals surface area contributed by atoms with Gasteiger partial charge in [-0.25, -0.2) is 4.79 Å². The minimum Gasteiger partial charge on any atom is -0.478 e. The van der Waals surface area contributed by atoms with E-state index in [1.165, 1.54) is 12.8 Å². The molecule has 0 amide bonds. The van der Waals surface area contributed by atoms with Crippen LogP contribution in [-0.4, -0.2) is 23.7 Å². The fraction of sp³-hybridized carbons (Fsp3) is 0.562. The van der Waals surface area contributed by atoms with Crippen molar-refractivity contribution in [3.05, 3.63) is 29.3 Å². The topological polar surface area (TPSA) is 40.5 Å². The fourth-order valence-electron chi connectivity index (χ4n) is 2.26. The molecule has 0 saturated heterocycles. The summed E-state index contributed by atoms with van der Waals surface area (Å²) < 4.78 is 0. The van der Waals surface area contributed by atoms with Gasteiger partial charge in [0.25, 0.3) is 0 Å². The van der Waals surface area contributed by atoms with Crippen LogP contribution in [0.25, 0.3) is 0 Å². The van der Waals surface area contributed by atoms with Crippen LogP contribution in [0.3, 0.4) is 0 Å². The van der Waals surface area contributed by atoms with Gasteiger partial charge in [-0.3, -0.25) is 0 Å². The summed E-state index contributed by atoms with van der Waals surface area (Å²) in [5.41, 5.74) is 2.23. The number of rotatable bonds is 7. The summed E-state index contributed by atoms with van der Waals surface area (Å²) in [6.07, 6.45) is 3.45. The Morgan fingerprint density at radius 1 is 1.32 bits per heavy atom. The summed E-state index contributed by atoms with van der Waals surface area (Å²) in [5.74, 6) is -0.847. The van der Waals surface area contributed by atoms with E-state index in [1.807, 2.05) is 19.1 Å². The lowest BCUT2D eigenvalue weighted by Gasteiger charge is -2.30. The first kappa shape index (κ1) is 15.5. The van der Waals surface area contributed by atoms with Gasteiger partial charge in [-0.05, 0) is 39.3 Å². The Hall–Kier alpha value is -1.51. The van der Waals surface area contributed by atoms with E-state index in [0.717, 1.165) is 24.2 Å². The van der Waals surface area contributed by atoms with E-state index in [1.54, 1.807) is 6.07 Å². The number of hydrogen-bond donors (Lipinski definition) is 1. The second-order valence-electron chi connectivity index (χ2n) is 5.32. The lowest BCUT2D eigenvalue weighted by Crippen LogP contribution is -2.33. The summed E-state index contributed by atoms with van der Waals surface area (Å²) >= 11 is 0. The molecule has 0 atom stereocenters. The number of aromatic carboxylic acids is 1. The third-order valence-corrected chi connectivity index (χ3v) is 3.32. The Morgan fingerprint density at radius 3 is 2.53 bits per heavy atom. The van der Waals surface area contributed by atoms with Crippen LogP contribution in [0.2, 0.25) is 0 Å². The molecule has 0 bridgehead atoms. The molecule has 0 aromatic heterocycles. The summed E-state index contributed by atoms with van der Waals surface area (Å²) in [5, 5.41) is 9.37. The molecule has 0 aliphatic rings. The third kappa shape index (κ3) is 4.27. The highest BCUT2D eigenvalue weighted by Crippen LogP contribution is 2.24. The summed E-state index contributed by atoms with van der Waals surface area (Å²) in [6, 6.07) is 5.98. The second-order valence-corrected chi connectivity index (χ2v) is 5.32. The van der Waals surface area contributed by atoms with Crippen molar-refractivity contribution in [1.82, 2.24) is 0 Å². The Bertz CT molecular complexity index is 427. The molecule has 3 heteroatoms. The minimum atomic E-state index is -0.847. The van der Waals surface area contributed by atoms with E-state index in [9.17, 15) is 9.90 Å². The van der Waals surface area contributed by atoms with Gasteiger partial charge in [-0.15, -0.1) is 0 Å². The second kappa shape index (κ2) is 7.17. The standard InChI is InChI=1S/C16H25NO2/c1-5-6-7-10-17(12(2)3)15-9-8-13(4)11-14(15)16(18)19/h8-9,11-12H,5-7,10H2,1-4H3,(H,18,19). The Morgan fingerprint density at radius 2 is 2.00 bits per heavy atom. The van der Waals surface area contributed by atoms with E-state index in [4.69, 9.17) is 0 Å². The third-order valence-electron chi connectivity index (χ3n) is 3.32. The predicted molar refractivity (Wildman–Crippen MR) is 80.1 cm³/mol. The molecule has 0 spiro atoms. The van der Waals surface area contributed by atoms with Gasteiger partial charge in [0.2, 0.25) is 0 Å². The molecule has 0 unspecified atom stereocenters. The molecule has 1 rings (SSSR count). The van der Waals surface area contributed by atoms with E-state index < -0.39 is 5.97 Å². The van der Waals surface area contributed by atoms with Crippen molar-refractivity contribution in [2.75, 3.05) is 11.4 Å². The number of hydrogen-bond acceptors (Lipinski definition) is 2. The van der Waals surface area contributed by atoms with Crippen LogP contribution in [-0.2, 0) is 0 Å². The summed E-state index contributed by atoms with van der Waals surface area (Å²) in [4.78, 5) is 13.6. The highest BCUT2D eigenvalue weighted by molar-refractivity contribution is 5.94. The number of benzene rings is 1. The molecular weight excluding hydrogens is 238 g/mol. The molecule has 1 N–H and O–H groups in total. The Kier molecular flexibility index (Phi) is 5.87. The van der Waals surface area contributed by atoms with E-state index in [-0.39, 0.29) is 0 Å². The minimum absolute atomic E-state index is 0.303. The molecule has 3 nitrogen and oxygen atoms in total. The molecular formula is C16H25NO2. The highest BCUT2D eigenvalue weighted by Gasteiger charge is 2.18. The van der Waals surface area contributed by atoms with Crippen LogP contribution in [0.15, 0.2) is 18.2 Å². The molecule has 0 heterocycles. The van der Waals surface area contributed by atoms with Crippen molar-refractivity contribution in [1.29, 1.82) is 0 Å². The van der Waals surface area contributed by atoms with Gasteiger partial charge in [0.05, 0.1) is 11.3 Å². The van der Waals surface area contributed by atoms with Crippen molar-refractivity contribution in [2.24, 2.45) is 0 Å². The first-order valence-corrected chi connectivity index (χ1v) is 7.08. The number of aryl methyl sites for hydroxylation is 1. The number of anilines is 1. The highest BCUT2D eigenvalue weighted by atomic mass is 16.4. The van der Waals surface area contributed by atoms with Crippen molar-refractivity contribution in [3.8, 4) is 0 Å². The van der Waals surface area contributed by atoms with E-state index in [2.05, 4.69) is 25.7 Å². The van der Waals surface area contributed by atoms with Crippen molar-refractivity contribution in [2.45, 2.75) is 53.0 Å². The van der Waals surface area contributed by atoms with Gasteiger partial charge >= 0.3 is 5.97 Å². The summed E-state index contributed by atoms with van der Waals surface area (Å²) in [7, 11) is 0. The van der Waals surface area contributed by atoms with Crippen LogP contribution in [0.1, 0.15) is 56.0 Å². The molecule has 19 heavy (non-hydrogen) atoms. The normalized spacial score (nSPS) is 10.8. The van der Waals surface area contributed by atoms with Crippen molar-refractivity contribution < 1.29 is 9.90 Å². The zero-order valence-electron chi connectivity index (χ0n) is 12.4. The maximum atomic E-state index is 11.4. The Balaban J connectivity index is 3.04. The van der Waals surface area contributed by atoms with E-state index in [0.29, 0.717) is 11.6 Å². The van der Waals surface area contributed by atoms with Crippen LogP contribution < -0.4 is 4.90 Å². The number of carboxylic acid groups (broad SMARTS) is 1. The lowest BCUT2D eigenvalue weighted by atomic mass is 10.1. The van der Waals surface area contributed by atoms with Gasteiger partial charge in [-0.1, -0.05) is 31.4 Å². The molecule has 1 aromatic rings. The smallest absolute Gasteiger partial charge is 0.337 e. The van der Waals surface area contributed by atoms with Gasteiger partial charge < -0.3 is 10.0 Å². The number of unbranched alkanes of at least 4 members (excludes halogenated alkanes) is 2. The van der Waals surface area contributed by atoms with Gasteiger partial charge in [0.1, 0.15) is 0 Å². The number of carbonyl (C=O) groups is 1. The van der Waals surface area contributed by atoms with Crippen molar-refractivity contribution in [3.63, 3.8) is 0 Å². The number of nitrogens with zero attached hydrogens (tertiary/aromatic N) is 1. The monoisotopic (exact) mass is 263 g/mol. The van der Waals surface area contributed by atoms with Gasteiger partial charge in [-0.2, -0.15) is 0 Å². The van der Waals surface area contributed by atoms with Crippen molar-refractivity contribution >= 4 is 11.7 Å². The van der Waals surface area contributed by atoms with Crippen LogP contribution >= 0.6 is 0 Å². The zero-order valence-corrected chi connectivity index (χ0v) is 12.4. The van der Waals surface area contributed by atoms with E-state index >= 15 is 0 Å². The first-order chi connectivity index (χ1) is 8.97. The fourth-order valence-corrected chi connectivity index (χ4v) is 2.26. The SMILES string of the molecule is CCCCCN(c1ccc(C)cc1C(=O)O)C(C)C. The predicted octanol–water partition coefficient (Wildman–Crippen LogP) is 4.10. The first-order valence-electron chi connectivity index (χ1n) is 7.08. The molecule has 0 radical (unpaired) electrons. The number of carboxylic acids is 1. The molecule has 0 fully saturated rings. The van der Waals surface area contributed by atoms with Crippen LogP contribution in [0.4, 0.5) is 5.69 Å². The van der Waals surface area contributed by atoms with Gasteiger partial charge in [0.15, 0.2) is 0 Å². The molecule has 0 aliphatic heterocycles. The van der Waals surface area contributed by atoms with Gasteiger partial charge in [0, 0.05) is 12.6 Å². The molecule has 0 aliphatic carbocycles.